The number of benzene rings is 8. The van der Waals surface area contributed by atoms with Gasteiger partial charge in [0.25, 0.3) is 0 Å². The number of nitrogens with zero attached hydrogens (tertiary/aromatic N) is 3. The second kappa shape index (κ2) is 13.3. The molecule has 0 aliphatic heterocycles. The average molecular weight is 734 g/mol. The highest BCUT2D eigenvalue weighted by Crippen LogP contribution is 2.46. The Bertz CT molecular complexity index is 3230. The maximum absolute atomic E-state index is 6.54. The molecule has 0 aliphatic rings. The van der Waals surface area contributed by atoms with Crippen LogP contribution in [-0.4, -0.2) is 15.0 Å². The van der Waals surface area contributed by atoms with E-state index in [1.165, 1.54) is 31.3 Å². The van der Waals surface area contributed by atoms with Crippen molar-refractivity contribution in [3.05, 3.63) is 188 Å². The van der Waals surface area contributed by atoms with Gasteiger partial charge in [0.1, 0.15) is 11.2 Å². The van der Waals surface area contributed by atoms with E-state index < -0.39 is 0 Å². The number of rotatable bonds is 6. The molecule has 0 aliphatic carbocycles. The van der Waals surface area contributed by atoms with Gasteiger partial charge in [-0.1, -0.05) is 152 Å². The third-order valence-electron chi connectivity index (χ3n) is 10.5. The maximum atomic E-state index is 6.54. The predicted molar refractivity (Wildman–Crippen MR) is 233 cm³/mol. The van der Waals surface area contributed by atoms with Crippen molar-refractivity contribution in [2.75, 3.05) is 0 Å². The third-order valence-corrected chi connectivity index (χ3v) is 11.7. The quantitative estimate of drug-likeness (QED) is 0.171. The average Bonchev–Trinajstić information content (AvgIpc) is 3.84. The number of fused-ring (bicyclic) bond motifs is 6. The van der Waals surface area contributed by atoms with E-state index in [-0.39, 0.29) is 0 Å². The fraction of sp³-hybridized carbons (Fsp3) is 0. The van der Waals surface area contributed by atoms with Crippen molar-refractivity contribution in [1.29, 1.82) is 0 Å². The molecule has 0 bridgehead atoms. The van der Waals surface area contributed by atoms with Crippen molar-refractivity contribution < 1.29 is 4.42 Å². The first kappa shape index (κ1) is 32.2. The van der Waals surface area contributed by atoms with Crippen molar-refractivity contribution >= 4 is 53.4 Å². The van der Waals surface area contributed by atoms with E-state index in [4.69, 9.17) is 19.4 Å². The van der Waals surface area contributed by atoms with E-state index in [1.54, 1.807) is 0 Å². The van der Waals surface area contributed by atoms with Crippen molar-refractivity contribution in [2.45, 2.75) is 0 Å². The van der Waals surface area contributed by atoms with Crippen molar-refractivity contribution in [3.8, 4) is 67.5 Å². The summed E-state index contributed by atoms with van der Waals surface area (Å²) in [6.07, 6.45) is 0. The molecular weight excluding hydrogens is 703 g/mol. The lowest BCUT2D eigenvalue weighted by Crippen LogP contribution is -2.01. The lowest BCUT2D eigenvalue weighted by atomic mass is 9.91. The van der Waals surface area contributed by atoms with Gasteiger partial charge in [-0.2, -0.15) is 0 Å². The van der Waals surface area contributed by atoms with Crippen LogP contribution in [0.1, 0.15) is 0 Å². The van der Waals surface area contributed by atoms with Gasteiger partial charge in [0, 0.05) is 47.6 Å². The predicted octanol–water partition coefficient (Wildman–Crippen LogP) is 14.1. The summed E-state index contributed by atoms with van der Waals surface area (Å²) < 4.78 is 9.02. The van der Waals surface area contributed by atoms with Crippen LogP contribution in [0.15, 0.2) is 192 Å². The lowest BCUT2D eigenvalue weighted by molar-refractivity contribution is 0.669. The summed E-state index contributed by atoms with van der Waals surface area (Å²) in [6.45, 7) is 0. The maximum Gasteiger partial charge on any atom is 0.164 e. The summed E-state index contributed by atoms with van der Waals surface area (Å²) in [5, 5.41) is 4.59. The summed E-state index contributed by atoms with van der Waals surface area (Å²) in [6, 6.07) is 65.7. The summed E-state index contributed by atoms with van der Waals surface area (Å²) >= 11 is 1.82. The highest BCUT2D eigenvalue weighted by molar-refractivity contribution is 7.26. The zero-order valence-corrected chi connectivity index (χ0v) is 30.9. The third kappa shape index (κ3) is 5.56. The Hall–Kier alpha value is -7.21. The number of aromatic nitrogens is 3. The lowest BCUT2D eigenvalue weighted by Gasteiger charge is -2.14. The molecule has 262 valence electrons. The zero-order valence-electron chi connectivity index (χ0n) is 30.1. The highest BCUT2D eigenvalue weighted by Gasteiger charge is 2.21. The van der Waals surface area contributed by atoms with Crippen LogP contribution in [0.25, 0.3) is 110 Å². The van der Waals surface area contributed by atoms with E-state index in [1.807, 2.05) is 47.7 Å². The van der Waals surface area contributed by atoms with Gasteiger partial charge in [-0.3, -0.25) is 0 Å². The van der Waals surface area contributed by atoms with Gasteiger partial charge in [0.15, 0.2) is 17.5 Å². The topological polar surface area (TPSA) is 51.8 Å². The largest absolute Gasteiger partial charge is 0.456 e. The van der Waals surface area contributed by atoms with Gasteiger partial charge < -0.3 is 4.42 Å². The first-order chi connectivity index (χ1) is 27.7. The Kier molecular flexibility index (Phi) is 7.64. The van der Waals surface area contributed by atoms with Crippen LogP contribution < -0.4 is 0 Å². The minimum Gasteiger partial charge on any atom is -0.456 e. The fourth-order valence-corrected chi connectivity index (χ4v) is 9.01. The SMILES string of the molecule is c1ccc(-c2ccc(-c3nc(-c4ccccc4)nc(-c4cc5c(cc4-c4cc(-c6ccccc6)c6c(c4)sc4ccccc46)oc4ccccc45)n3)cc2)cc1. The molecule has 5 heteroatoms. The molecule has 11 rings (SSSR count). The normalized spacial score (nSPS) is 11.6. The Balaban J connectivity index is 1.18. The van der Waals surface area contributed by atoms with Crippen molar-refractivity contribution in [2.24, 2.45) is 0 Å². The van der Waals surface area contributed by atoms with Crippen molar-refractivity contribution in [1.82, 2.24) is 15.0 Å². The van der Waals surface area contributed by atoms with E-state index >= 15 is 0 Å². The Morgan fingerprint density at radius 3 is 1.61 bits per heavy atom. The first-order valence-electron chi connectivity index (χ1n) is 18.7. The summed E-state index contributed by atoms with van der Waals surface area (Å²) in [7, 11) is 0. The van der Waals surface area contributed by atoms with Gasteiger partial charge in [-0.25, -0.2) is 15.0 Å². The first-order valence-corrected chi connectivity index (χ1v) is 19.5. The van der Waals surface area contributed by atoms with E-state index in [0.29, 0.717) is 17.5 Å². The summed E-state index contributed by atoms with van der Waals surface area (Å²) in [4.78, 5) is 15.6. The number of hydrogen-bond donors (Lipinski definition) is 0. The molecule has 0 fully saturated rings. The van der Waals surface area contributed by atoms with E-state index in [9.17, 15) is 0 Å². The van der Waals surface area contributed by atoms with Gasteiger partial charge in [0.05, 0.1) is 0 Å². The minimum atomic E-state index is 0.598. The molecule has 8 aromatic carbocycles. The molecule has 0 unspecified atom stereocenters. The molecule has 0 radical (unpaired) electrons. The second-order valence-electron chi connectivity index (χ2n) is 14.0. The zero-order chi connectivity index (χ0) is 37.0. The number of thiophene rings is 1. The molecule has 0 spiro atoms. The molecule has 4 nitrogen and oxygen atoms in total. The standard InChI is InChI=1S/C51H31N3OS/c1-4-14-32(15-5-1)33-24-26-36(27-25-33)50-52-49(35-18-8-3-9-19-35)53-51(54-50)43-30-42-38-20-10-12-22-44(38)55-45(42)31-40(43)37-28-41(34-16-6-2-7-17-34)48-39-21-11-13-23-46(39)56-47(48)29-37/h1-31H. The molecule has 3 heterocycles. The molecule has 0 saturated carbocycles. The molecule has 11 aromatic rings. The molecular formula is C51H31N3OS. The van der Waals surface area contributed by atoms with Crippen LogP contribution in [0.4, 0.5) is 0 Å². The fourth-order valence-electron chi connectivity index (χ4n) is 7.83. The molecule has 56 heavy (non-hydrogen) atoms. The molecule has 0 amide bonds. The second-order valence-corrected chi connectivity index (χ2v) is 15.1. The van der Waals surface area contributed by atoms with Crippen LogP contribution in [-0.2, 0) is 0 Å². The van der Waals surface area contributed by atoms with Crippen molar-refractivity contribution in [3.63, 3.8) is 0 Å². The Morgan fingerprint density at radius 2 is 0.875 bits per heavy atom. The van der Waals surface area contributed by atoms with E-state index in [2.05, 4.69) is 152 Å². The van der Waals surface area contributed by atoms with Crippen LogP contribution in [0.2, 0.25) is 0 Å². The molecule has 0 atom stereocenters. The number of furan rings is 1. The monoisotopic (exact) mass is 733 g/mol. The molecule has 0 saturated heterocycles. The Morgan fingerprint density at radius 1 is 0.321 bits per heavy atom. The van der Waals surface area contributed by atoms with Gasteiger partial charge in [-0.15, -0.1) is 11.3 Å². The van der Waals surface area contributed by atoms with E-state index in [0.717, 1.165) is 60.9 Å². The minimum absolute atomic E-state index is 0.598. The van der Waals surface area contributed by atoms with Crippen LogP contribution in [0.3, 0.4) is 0 Å². The Labute approximate surface area is 327 Å². The van der Waals surface area contributed by atoms with Crippen LogP contribution in [0, 0.1) is 0 Å². The van der Waals surface area contributed by atoms with Gasteiger partial charge >= 0.3 is 0 Å². The molecule has 3 aromatic heterocycles. The van der Waals surface area contributed by atoms with Crippen LogP contribution >= 0.6 is 11.3 Å². The summed E-state index contributed by atoms with van der Waals surface area (Å²) in [5.74, 6) is 1.83. The van der Waals surface area contributed by atoms with Crippen LogP contribution in [0.5, 0.6) is 0 Å². The molecule has 0 N–H and O–H groups in total. The summed E-state index contributed by atoms with van der Waals surface area (Å²) in [5.41, 5.74) is 11.1. The highest BCUT2D eigenvalue weighted by atomic mass is 32.1. The van der Waals surface area contributed by atoms with Gasteiger partial charge in [-0.05, 0) is 69.8 Å². The number of para-hydroxylation sites is 1. The smallest absolute Gasteiger partial charge is 0.164 e. The van der Waals surface area contributed by atoms with Gasteiger partial charge in [0.2, 0.25) is 0 Å². The number of hydrogen-bond acceptors (Lipinski definition) is 5.